The average Bonchev–Trinajstić information content (AvgIpc) is 3.34. The highest BCUT2D eigenvalue weighted by Gasteiger charge is 2.39. The van der Waals surface area contributed by atoms with Crippen LogP contribution in [0.4, 0.5) is 4.79 Å². The number of hydrogen-bond donors (Lipinski definition) is 0. The van der Waals surface area contributed by atoms with Crippen molar-refractivity contribution < 1.29 is 28.6 Å². The summed E-state index contributed by atoms with van der Waals surface area (Å²) in [6.07, 6.45) is 0.532. The van der Waals surface area contributed by atoms with Crippen LogP contribution in [0.15, 0.2) is 18.2 Å². The summed E-state index contributed by atoms with van der Waals surface area (Å²) in [6.45, 7) is 4.41. The van der Waals surface area contributed by atoms with E-state index in [1.165, 1.54) is 0 Å². The number of amides is 3. The summed E-state index contributed by atoms with van der Waals surface area (Å²) in [4.78, 5) is 42.4. The van der Waals surface area contributed by atoms with Gasteiger partial charge in [-0.1, -0.05) is 6.07 Å². The monoisotopic (exact) mass is 403 g/mol. The Labute approximate surface area is 169 Å². The predicted molar refractivity (Wildman–Crippen MR) is 101 cm³/mol. The number of nitrogens with zero attached hydrogens (tertiary/aromatic N) is 3. The lowest BCUT2D eigenvalue weighted by Crippen LogP contribution is -2.55. The molecule has 3 amide bonds. The molecule has 1 atom stereocenters. The summed E-state index contributed by atoms with van der Waals surface area (Å²) in [5.74, 6) is 1.27. The summed E-state index contributed by atoms with van der Waals surface area (Å²) >= 11 is 0. The molecule has 0 bridgehead atoms. The first-order chi connectivity index (χ1) is 14.1. The highest BCUT2D eigenvalue weighted by atomic mass is 16.7. The summed E-state index contributed by atoms with van der Waals surface area (Å²) < 4.78 is 15.7. The zero-order chi connectivity index (χ0) is 20.4. The van der Waals surface area contributed by atoms with Crippen molar-refractivity contribution >= 4 is 17.9 Å². The number of carbonyl (C=O) groups is 3. The molecular formula is C20H25N3O6. The molecule has 0 radical (unpaired) electrons. The largest absolute Gasteiger partial charge is 0.454 e. The number of piperazine rings is 1. The van der Waals surface area contributed by atoms with Crippen LogP contribution in [0.25, 0.3) is 0 Å². The van der Waals surface area contributed by atoms with Crippen LogP contribution in [-0.2, 0) is 20.9 Å². The fourth-order valence-electron chi connectivity index (χ4n) is 3.96. The van der Waals surface area contributed by atoms with E-state index in [0.717, 1.165) is 5.56 Å². The van der Waals surface area contributed by atoms with Gasteiger partial charge < -0.3 is 28.9 Å². The van der Waals surface area contributed by atoms with Gasteiger partial charge in [0.25, 0.3) is 0 Å². The van der Waals surface area contributed by atoms with Gasteiger partial charge in [-0.3, -0.25) is 9.59 Å². The molecule has 3 aliphatic rings. The molecule has 1 unspecified atom stereocenters. The number of rotatable bonds is 4. The van der Waals surface area contributed by atoms with Crippen molar-refractivity contribution in [1.82, 2.24) is 14.7 Å². The average molecular weight is 403 g/mol. The van der Waals surface area contributed by atoms with Gasteiger partial charge in [0.1, 0.15) is 6.04 Å². The van der Waals surface area contributed by atoms with Crippen molar-refractivity contribution in [3.05, 3.63) is 23.8 Å². The van der Waals surface area contributed by atoms with E-state index in [9.17, 15) is 14.4 Å². The minimum absolute atomic E-state index is 0.0221. The van der Waals surface area contributed by atoms with Crippen molar-refractivity contribution in [2.75, 3.05) is 39.6 Å². The van der Waals surface area contributed by atoms with Crippen LogP contribution >= 0.6 is 0 Å². The second-order valence-corrected chi connectivity index (χ2v) is 7.27. The zero-order valence-electron chi connectivity index (χ0n) is 16.5. The molecule has 156 valence electrons. The molecule has 1 aromatic carbocycles. The molecule has 3 heterocycles. The molecule has 4 rings (SSSR count). The Balaban J connectivity index is 1.39. The van der Waals surface area contributed by atoms with Crippen LogP contribution in [0.2, 0.25) is 0 Å². The first-order valence-corrected chi connectivity index (χ1v) is 9.95. The Morgan fingerprint density at radius 3 is 2.59 bits per heavy atom. The molecular weight excluding hydrogens is 378 g/mol. The van der Waals surface area contributed by atoms with Gasteiger partial charge >= 0.3 is 6.09 Å². The third-order valence-electron chi connectivity index (χ3n) is 5.52. The normalized spacial score (nSPS) is 20.9. The minimum Gasteiger partial charge on any atom is -0.454 e. The maximum Gasteiger partial charge on any atom is 0.409 e. The molecule has 0 spiro atoms. The topological polar surface area (TPSA) is 88.6 Å². The van der Waals surface area contributed by atoms with Crippen molar-refractivity contribution in [2.24, 2.45) is 0 Å². The predicted octanol–water partition coefficient (Wildman–Crippen LogP) is 1.21. The highest BCUT2D eigenvalue weighted by molar-refractivity contribution is 5.91. The van der Waals surface area contributed by atoms with Crippen LogP contribution in [0.5, 0.6) is 11.5 Å². The van der Waals surface area contributed by atoms with E-state index in [4.69, 9.17) is 14.2 Å². The molecule has 0 aromatic heterocycles. The van der Waals surface area contributed by atoms with E-state index < -0.39 is 6.04 Å². The second kappa shape index (κ2) is 8.18. The van der Waals surface area contributed by atoms with Gasteiger partial charge in [0.2, 0.25) is 18.6 Å². The number of fused-ring (bicyclic) bond motifs is 1. The molecule has 0 saturated carbocycles. The fraction of sp³-hybridized carbons (Fsp3) is 0.550. The fourth-order valence-corrected chi connectivity index (χ4v) is 3.96. The van der Waals surface area contributed by atoms with E-state index in [1.54, 1.807) is 21.6 Å². The summed E-state index contributed by atoms with van der Waals surface area (Å²) in [6, 6.07) is 5.10. The Bertz CT molecular complexity index is 805. The smallest absolute Gasteiger partial charge is 0.409 e. The number of ether oxygens (including phenoxy) is 3. The van der Waals surface area contributed by atoms with E-state index in [0.29, 0.717) is 63.7 Å². The van der Waals surface area contributed by atoms with Crippen molar-refractivity contribution in [2.45, 2.75) is 32.4 Å². The number of likely N-dealkylation sites (tertiary alicyclic amines) is 1. The molecule has 2 saturated heterocycles. The Morgan fingerprint density at radius 1 is 1.10 bits per heavy atom. The maximum atomic E-state index is 13.1. The van der Waals surface area contributed by atoms with Crippen LogP contribution in [0.1, 0.15) is 25.3 Å². The quantitative estimate of drug-likeness (QED) is 0.751. The third kappa shape index (κ3) is 3.94. The van der Waals surface area contributed by atoms with E-state index in [1.807, 2.05) is 18.2 Å². The molecule has 1 aromatic rings. The van der Waals surface area contributed by atoms with Crippen LogP contribution in [-0.4, -0.2) is 78.2 Å². The highest BCUT2D eigenvalue weighted by Crippen LogP contribution is 2.33. The maximum absolute atomic E-state index is 13.1. The van der Waals surface area contributed by atoms with Gasteiger partial charge in [0.05, 0.1) is 6.61 Å². The van der Waals surface area contributed by atoms with Crippen molar-refractivity contribution in [3.8, 4) is 11.5 Å². The van der Waals surface area contributed by atoms with Gasteiger partial charge in [0, 0.05) is 39.1 Å². The van der Waals surface area contributed by atoms with E-state index in [2.05, 4.69) is 0 Å². The lowest BCUT2D eigenvalue weighted by Gasteiger charge is -2.36. The number of benzene rings is 1. The molecule has 0 aliphatic carbocycles. The van der Waals surface area contributed by atoms with E-state index in [-0.39, 0.29) is 24.7 Å². The van der Waals surface area contributed by atoms with Crippen LogP contribution < -0.4 is 9.47 Å². The SMILES string of the molecule is CCOC(=O)N1CCN(C(=O)C2CCC(=O)N2Cc2ccc3c(c2)OCO3)CC1. The third-order valence-corrected chi connectivity index (χ3v) is 5.52. The zero-order valence-corrected chi connectivity index (χ0v) is 16.5. The Kier molecular flexibility index (Phi) is 5.46. The summed E-state index contributed by atoms with van der Waals surface area (Å²) in [5, 5.41) is 0. The van der Waals surface area contributed by atoms with Gasteiger partial charge in [0.15, 0.2) is 11.5 Å². The summed E-state index contributed by atoms with van der Waals surface area (Å²) in [7, 11) is 0. The van der Waals surface area contributed by atoms with Crippen LogP contribution in [0.3, 0.4) is 0 Å². The Morgan fingerprint density at radius 2 is 1.83 bits per heavy atom. The van der Waals surface area contributed by atoms with E-state index >= 15 is 0 Å². The molecule has 29 heavy (non-hydrogen) atoms. The van der Waals surface area contributed by atoms with Gasteiger partial charge in [-0.25, -0.2) is 4.79 Å². The first-order valence-electron chi connectivity index (χ1n) is 9.95. The van der Waals surface area contributed by atoms with Crippen LogP contribution in [0, 0.1) is 0 Å². The minimum atomic E-state index is -0.470. The molecule has 0 N–H and O–H groups in total. The lowest BCUT2D eigenvalue weighted by molar-refractivity contribution is -0.142. The van der Waals surface area contributed by atoms with Crippen molar-refractivity contribution in [1.29, 1.82) is 0 Å². The Hall–Kier alpha value is -2.97. The second-order valence-electron chi connectivity index (χ2n) is 7.27. The van der Waals surface area contributed by atoms with Gasteiger partial charge in [-0.2, -0.15) is 0 Å². The van der Waals surface area contributed by atoms with Crippen molar-refractivity contribution in [3.63, 3.8) is 0 Å². The van der Waals surface area contributed by atoms with Gasteiger partial charge in [-0.15, -0.1) is 0 Å². The molecule has 9 nitrogen and oxygen atoms in total. The molecule has 3 aliphatic heterocycles. The number of carbonyl (C=O) groups excluding carboxylic acids is 3. The first kappa shape index (κ1) is 19.4. The summed E-state index contributed by atoms with van der Waals surface area (Å²) in [5.41, 5.74) is 0.898. The number of hydrogen-bond acceptors (Lipinski definition) is 6. The lowest BCUT2D eigenvalue weighted by atomic mass is 10.1. The van der Waals surface area contributed by atoms with Gasteiger partial charge in [-0.05, 0) is 31.0 Å². The molecule has 2 fully saturated rings. The molecule has 9 heteroatoms. The standard InChI is InChI=1S/C20H25N3O6/c1-2-27-20(26)22-9-7-21(8-10-22)19(25)15-4-6-18(24)23(15)12-14-3-5-16-17(11-14)29-13-28-16/h3,5,11,15H,2,4,6-10,12-13H2,1H3.